The van der Waals surface area contributed by atoms with Gasteiger partial charge in [0.1, 0.15) is 0 Å². The Balaban J connectivity index is 1.50. The quantitative estimate of drug-likeness (QED) is 0.356. The predicted octanol–water partition coefficient (Wildman–Crippen LogP) is 7.25. The molecule has 1 aliphatic carbocycles. The second-order valence-electron chi connectivity index (χ2n) is 7.59. The lowest BCUT2D eigenvalue weighted by molar-refractivity contribution is 0.125. The van der Waals surface area contributed by atoms with Gasteiger partial charge in [0.2, 0.25) is 0 Å². The number of rotatable bonds is 8. The summed E-state index contributed by atoms with van der Waals surface area (Å²) in [4.78, 5) is 0. The molecule has 1 fully saturated rings. The van der Waals surface area contributed by atoms with Gasteiger partial charge >= 0.3 is 0 Å². The molecule has 0 saturated heterocycles. The maximum Gasteiger partial charge on any atom is 0.0717 e. The minimum Gasteiger partial charge on any atom is -0.376 e. The van der Waals surface area contributed by atoms with Crippen LogP contribution in [-0.2, 0) is 11.3 Å². The van der Waals surface area contributed by atoms with E-state index in [-0.39, 0.29) is 0 Å². The topological polar surface area (TPSA) is 9.23 Å². The fraction of sp³-hybridized carbons (Fsp3) is 0.385. The van der Waals surface area contributed by atoms with E-state index in [1.54, 1.807) is 0 Å². The zero-order chi connectivity index (χ0) is 18.9. The second-order valence-corrected chi connectivity index (χ2v) is 7.59. The Morgan fingerprint density at radius 3 is 1.96 bits per heavy atom. The van der Waals surface area contributed by atoms with Gasteiger partial charge in [-0.3, -0.25) is 0 Å². The summed E-state index contributed by atoms with van der Waals surface area (Å²) in [5.41, 5.74) is 5.56. The highest BCUT2D eigenvalue weighted by molar-refractivity contribution is 5.49. The van der Waals surface area contributed by atoms with Gasteiger partial charge in [-0.1, -0.05) is 66.8 Å². The van der Waals surface area contributed by atoms with Crippen LogP contribution in [-0.4, -0.2) is 6.61 Å². The Bertz CT molecular complexity index is 716. The Labute approximate surface area is 164 Å². The van der Waals surface area contributed by atoms with E-state index in [9.17, 15) is 0 Å². The van der Waals surface area contributed by atoms with E-state index in [1.807, 2.05) is 6.08 Å². The Morgan fingerprint density at radius 1 is 0.889 bits per heavy atom. The SMILES string of the molecule is C=CCCOCc1ccc(C2CCC(c3ccc(/C=C\C)cc3)CC2)cc1. The van der Waals surface area contributed by atoms with Crippen LogP contribution in [0.15, 0.2) is 67.3 Å². The van der Waals surface area contributed by atoms with Crippen molar-refractivity contribution in [3.63, 3.8) is 0 Å². The molecule has 2 aromatic carbocycles. The van der Waals surface area contributed by atoms with Crippen LogP contribution >= 0.6 is 0 Å². The molecule has 0 amide bonds. The third-order valence-corrected chi connectivity index (χ3v) is 5.68. The van der Waals surface area contributed by atoms with Gasteiger partial charge in [-0.2, -0.15) is 0 Å². The van der Waals surface area contributed by atoms with Crippen LogP contribution in [0, 0.1) is 0 Å². The molecule has 0 aromatic heterocycles. The molecule has 1 heteroatoms. The summed E-state index contributed by atoms with van der Waals surface area (Å²) in [6.07, 6.45) is 12.2. The number of hydrogen-bond acceptors (Lipinski definition) is 1. The van der Waals surface area contributed by atoms with E-state index >= 15 is 0 Å². The third kappa shape index (κ3) is 5.68. The van der Waals surface area contributed by atoms with Crippen LogP contribution in [0.4, 0.5) is 0 Å². The van der Waals surface area contributed by atoms with Gasteiger partial charge in [-0.05, 0) is 73.1 Å². The van der Waals surface area contributed by atoms with E-state index in [2.05, 4.69) is 74.2 Å². The normalized spacial score (nSPS) is 20.0. The predicted molar refractivity (Wildman–Crippen MR) is 116 cm³/mol. The largest absolute Gasteiger partial charge is 0.376 e. The van der Waals surface area contributed by atoms with Crippen molar-refractivity contribution in [2.45, 2.75) is 57.5 Å². The molecular weight excluding hydrogens is 328 g/mol. The number of benzene rings is 2. The molecular formula is C26H32O. The lowest BCUT2D eigenvalue weighted by Gasteiger charge is -2.29. The minimum atomic E-state index is 0.698. The molecule has 0 heterocycles. The standard InChI is InChI=1S/C26H32O/c1-3-5-19-27-20-22-9-13-24(14-10-22)26-17-15-25(16-18-26)23-11-7-21(6-4-2)8-12-23/h3-4,6-14,25-26H,1,5,15-20H2,2H3/b6-4-. The maximum atomic E-state index is 5.66. The summed E-state index contributed by atoms with van der Waals surface area (Å²) in [6.45, 7) is 7.24. The van der Waals surface area contributed by atoms with Crippen molar-refractivity contribution in [3.05, 3.63) is 89.5 Å². The summed E-state index contributed by atoms with van der Waals surface area (Å²) in [5.74, 6) is 1.43. The first-order valence-electron chi connectivity index (χ1n) is 10.3. The molecule has 27 heavy (non-hydrogen) atoms. The van der Waals surface area contributed by atoms with E-state index in [0.29, 0.717) is 12.5 Å². The van der Waals surface area contributed by atoms with Crippen LogP contribution in [0.2, 0.25) is 0 Å². The van der Waals surface area contributed by atoms with Gasteiger partial charge in [0.25, 0.3) is 0 Å². The lowest BCUT2D eigenvalue weighted by atomic mass is 9.76. The molecule has 1 aliphatic rings. The first-order valence-corrected chi connectivity index (χ1v) is 10.3. The summed E-state index contributed by atoms with van der Waals surface area (Å²) in [5, 5.41) is 0. The van der Waals surface area contributed by atoms with Crippen molar-refractivity contribution < 1.29 is 4.74 Å². The van der Waals surface area contributed by atoms with Crippen molar-refractivity contribution in [1.29, 1.82) is 0 Å². The zero-order valence-corrected chi connectivity index (χ0v) is 16.6. The van der Waals surface area contributed by atoms with Crippen molar-refractivity contribution in [3.8, 4) is 0 Å². The van der Waals surface area contributed by atoms with Gasteiger partial charge < -0.3 is 4.74 Å². The zero-order valence-electron chi connectivity index (χ0n) is 16.6. The first kappa shape index (κ1) is 19.6. The molecule has 2 aromatic rings. The number of ether oxygens (including phenoxy) is 1. The van der Waals surface area contributed by atoms with Crippen LogP contribution in [0.1, 0.15) is 73.1 Å². The molecule has 0 atom stereocenters. The molecule has 1 saturated carbocycles. The second kappa shape index (κ2) is 10.3. The molecule has 0 aliphatic heterocycles. The third-order valence-electron chi connectivity index (χ3n) is 5.68. The van der Waals surface area contributed by atoms with E-state index < -0.39 is 0 Å². The van der Waals surface area contributed by atoms with E-state index in [4.69, 9.17) is 4.74 Å². The summed E-state index contributed by atoms with van der Waals surface area (Å²) in [7, 11) is 0. The van der Waals surface area contributed by atoms with Gasteiger partial charge in [0.15, 0.2) is 0 Å². The molecule has 0 bridgehead atoms. The Kier molecular flexibility index (Phi) is 7.47. The highest BCUT2D eigenvalue weighted by Gasteiger charge is 2.23. The minimum absolute atomic E-state index is 0.698. The van der Waals surface area contributed by atoms with Crippen molar-refractivity contribution in [2.24, 2.45) is 0 Å². The molecule has 0 radical (unpaired) electrons. The van der Waals surface area contributed by atoms with E-state index in [0.717, 1.165) is 18.9 Å². The van der Waals surface area contributed by atoms with E-state index in [1.165, 1.54) is 47.9 Å². The average molecular weight is 361 g/mol. The molecule has 0 N–H and O–H groups in total. The van der Waals surface area contributed by atoms with Crippen LogP contribution < -0.4 is 0 Å². The van der Waals surface area contributed by atoms with Gasteiger partial charge in [0, 0.05) is 0 Å². The summed E-state index contributed by atoms with van der Waals surface area (Å²) >= 11 is 0. The van der Waals surface area contributed by atoms with Gasteiger partial charge in [-0.15, -0.1) is 6.58 Å². The fourth-order valence-electron chi connectivity index (χ4n) is 4.07. The monoisotopic (exact) mass is 360 g/mol. The smallest absolute Gasteiger partial charge is 0.0717 e. The Hall–Kier alpha value is -2.12. The summed E-state index contributed by atoms with van der Waals surface area (Å²) in [6, 6.07) is 18.2. The number of allylic oxidation sites excluding steroid dienone is 1. The molecule has 0 unspecified atom stereocenters. The molecule has 142 valence electrons. The van der Waals surface area contributed by atoms with Crippen molar-refractivity contribution in [1.82, 2.24) is 0 Å². The maximum absolute atomic E-state index is 5.66. The highest BCUT2D eigenvalue weighted by atomic mass is 16.5. The van der Waals surface area contributed by atoms with Gasteiger partial charge in [0.05, 0.1) is 13.2 Å². The van der Waals surface area contributed by atoms with Crippen molar-refractivity contribution >= 4 is 6.08 Å². The van der Waals surface area contributed by atoms with Crippen LogP contribution in [0.5, 0.6) is 0 Å². The van der Waals surface area contributed by atoms with Crippen LogP contribution in [0.25, 0.3) is 6.08 Å². The molecule has 1 nitrogen and oxygen atoms in total. The van der Waals surface area contributed by atoms with Crippen LogP contribution in [0.3, 0.4) is 0 Å². The summed E-state index contributed by atoms with van der Waals surface area (Å²) < 4.78 is 5.66. The average Bonchev–Trinajstić information content (AvgIpc) is 2.73. The number of hydrogen-bond donors (Lipinski definition) is 0. The Morgan fingerprint density at radius 2 is 1.44 bits per heavy atom. The van der Waals surface area contributed by atoms with Crippen molar-refractivity contribution in [2.75, 3.05) is 6.61 Å². The highest BCUT2D eigenvalue weighted by Crippen LogP contribution is 2.40. The first-order chi connectivity index (χ1) is 13.3. The molecule has 3 rings (SSSR count). The molecule has 0 spiro atoms. The van der Waals surface area contributed by atoms with Gasteiger partial charge in [-0.25, -0.2) is 0 Å². The fourth-order valence-corrected chi connectivity index (χ4v) is 4.07. The lowest BCUT2D eigenvalue weighted by Crippen LogP contribution is -2.12.